The van der Waals surface area contributed by atoms with Crippen LogP contribution in [-0.2, 0) is 11.8 Å². The van der Waals surface area contributed by atoms with Gasteiger partial charge in [0.25, 0.3) is 5.91 Å². The zero-order chi connectivity index (χ0) is 20.8. The summed E-state index contributed by atoms with van der Waals surface area (Å²) in [6.45, 7) is 6.34. The summed E-state index contributed by atoms with van der Waals surface area (Å²) in [5, 5.41) is 11.5. The summed E-state index contributed by atoms with van der Waals surface area (Å²) in [5.41, 5.74) is 1.29. The van der Waals surface area contributed by atoms with Crippen LogP contribution in [0.3, 0.4) is 0 Å². The summed E-state index contributed by atoms with van der Waals surface area (Å²) in [7, 11) is 1.75. The van der Waals surface area contributed by atoms with Crippen LogP contribution in [0.1, 0.15) is 36.3 Å². The van der Waals surface area contributed by atoms with Crippen LogP contribution in [0.15, 0.2) is 36.8 Å². The first-order valence-electron chi connectivity index (χ1n) is 9.40. The van der Waals surface area contributed by atoms with Crippen molar-refractivity contribution in [1.82, 2.24) is 24.5 Å². The van der Waals surface area contributed by atoms with Crippen LogP contribution in [-0.4, -0.2) is 42.9 Å². The number of aromatic nitrogens is 5. The molecule has 9 heteroatoms. The van der Waals surface area contributed by atoms with Crippen molar-refractivity contribution in [2.45, 2.75) is 27.2 Å². The molecule has 1 aliphatic rings. The number of amides is 2. The molecule has 3 aromatic rings. The molecule has 0 bridgehead atoms. The zero-order valence-electron chi connectivity index (χ0n) is 16.9. The summed E-state index contributed by atoms with van der Waals surface area (Å²) in [5.74, 6) is 0.626. The lowest BCUT2D eigenvalue weighted by atomic mass is 9.92. The summed E-state index contributed by atoms with van der Waals surface area (Å²) in [6.07, 6.45) is 5.99. The number of pyridine rings is 1. The Kier molecular flexibility index (Phi) is 4.45. The van der Waals surface area contributed by atoms with Gasteiger partial charge in [0, 0.05) is 25.2 Å². The minimum Gasteiger partial charge on any atom is -0.316 e. The van der Waals surface area contributed by atoms with Crippen LogP contribution >= 0.6 is 0 Å². The molecule has 3 aromatic heterocycles. The van der Waals surface area contributed by atoms with Gasteiger partial charge in [0.2, 0.25) is 5.91 Å². The molecular weight excluding hydrogens is 370 g/mol. The molecule has 0 unspecified atom stereocenters. The molecule has 29 heavy (non-hydrogen) atoms. The molecule has 4 rings (SSSR count). The standard InChI is InChI=1S/C20H23N7O2/c1-13-10-21-27(11-13)16-7-5-6-14(22-16)18(28)23-15-12-25(4)24-17(15)26-9-8-20(2,3)19(26)29/h5-7,10-12H,8-9H2,1-4H3,(H,23,28). The van der Waals surface area contributed by atoms with Crippen molar-refractivity contribution in [2.75, 3.05) is 16.8 Å². The largest absolute Gasteiger partial charge is 0.316 e. The van der Waals surface area contributed by atoms with E-state index in [1.54, 1.807) is 51.9 Å². The number of nitrogens with one attached hydrogen (secondary N) is 1. The minimum absolute atomic E-state index is 0.000809. The Hall–Kier alpha value is -3.49. The first-order chi connectivity index (χ1) is 13.7. The average molecular weight is 393 g/mol. The maximum Gasteiger partial charge on any atom is 0.274 e. The Morgan fingerprint density at radius 3 is 2.69 bits per heavy atom. The number of carbonyl (C=O) groups excluding carboxylic acids is 2. The van der Waals surface area contributed by atoms with E-state index >= 15 is 0 Å². The normalized spacial score (nSPS) is 15.7. The van der Waals surface area contributed by atoms with Crippen molar-refractivity contribution in [3.63, 3.8) is 0 Å². The molecule has 0 saturated carbocycles. The molecular formula is C20H23N7O2. The van der Waals surface area contributed by atoms with E-state index in [1.807, 2.05) is 27.0 Å². The van der Waals surface area contributed by atoms with Crippen LogP contribution in [0.5, 0.6) is 0 Å². The van der Waals surface area contributed by atoms with Crippen LogP contribution in [0, 0.1) is 12.3 Å². The lowest BCUT2D eigenvalue weighted by Gasteiger charge is -2.18. The fourth-order valence-electron chi connectivity index (χ4n) is 3.33. The highest BCUT2D eigenvalue weighted by Gasteiger charge is 2.41. The number of hydrogen-bond acceptors (Lipinski definition) is 5. The highest BCUT2D eigenvalue weighted by Crippen LogP contribution is 2.36. The van der Waals surface area contributed by atoms with E-state index in [2.05, 4.69) is 20.5 Å². The molecule has 1 N–H and O–H groups in total. The van der Waals surface area contributed by atoms with Gasteiger partial charge in [-0.3, -0.25) is 19.2 Å². The van der Waals surface area contributed by atoms with Crippen LogP contribution in [0.2, 0.25) is 0 Å². The molecule has 1 saturated heterocycles. The molecule has 1 fully saturated rings. The molecule has 0 aromatic carbocycles. The number of anilines is 2. The minimum atomic E-state index is -0.434. The Bertz CT molecular complexity index is 1100. The Morgan fingerprint density at radius 1 is 1.24 bits per heavy atom. The highest BCUT2D eigenvalue weighted by molar-refractivity contribution is 6.07. The second kappa shape index (κ2) is 6.84. The third-order valence-corrected chi connectivity index (χ3v) is 5.01. The fourth-order valence-corrected chi connectivity index (χ4v) is 3.33. The molecule has 2 amide bonds. The van der Waals surface area contributed by atoms with Gasteiger partial charge in [-0.25, -0.2) is 9.67 Å². The monoisotopic (exact) mass is 393 g/mol. The number of hydrogen-bond donors (Lipinski definition) is 1. The SMILES string of the molecule is Cc1cnn(-c2cccc(C(=O)Nc3cn(C)nc3N3CCC(C)(C)C3=O)n2)c1. The van der Waals surface area contributed by atoms with Crippen molar-refractivity contribution in [3.05, 3.63) is 48.0 Å². The third-order valence-electron chi connectivity index (χ3n) is 5.01. The molecule has 9 nitrogen and oxygen atoms in total. The average Bonchev–Trinajstić information content (AvgIpc) is 3.34. The molecule has 0 atom stereocenters. The van der Waals surface area contributed by atoms with Gasteiger partial charge in [0.05, 0.1) is 12.4 Å². The van der Waals surface area contributed by atoms with Gasteiger partial charge < -0.3 is 5.32 Å². The second-order valence-electron chi connectivity index (χ2n) is 7.93. The van der Waals surface area contributed by atoms with Gasteiger partial charge in [-0.2, -0.15) is 10.2 Å². The first-order valence-corrected chi connectivity index (χ1v) is 9.40. The molecule has 0 aliphatic carbocycles. The predicted octanol–water partition coefficient (Wildman–Crippen LogP) is 2.32. The summed E-state index contributed by atoms with van der Waals surface area (Å²) in [6, 6.07) is 5.17. The fraction of sp³-hybridized carbons (Fsp3) is 0.350. The number of carbonyl (C=O) groups is 2. The van der Waals surface area contributed by atoms with Gasteiger partial charge >= 0.3 is 0 Å². The molecule has 1 aliphatic heterocycles. The van der Waals surface area contributed by atoms with Gasteiger partial charge in [0.15, 0.2) is 11.6 Å². The number of nitrogens with zero attached hydrogens (tertiary/aromatic N) is 6. The maximum atomic E-state index is 12.8. The Labute approximate surface area is 168 Å². The van der Waals surface area contributed by atoms with Crippen molar-refractivity contribution in [2.24, 2.45) is 12.5 Å². The van der Waals surface area contributed by atoms with Crippen LogP contribution in [0.25, 0.3) is 5.82 Å². The first kappa shape index (κ1) is 18.9. The highest BCUT2D eigenvalue weighted by atomic mass is 16.2. The predicted molar refractivity (Wildman–Crippen MR) is 108 cm³/mol. The van der Waals surface area contributed by atoms with E-state index in [0.717, 1.165) is 12.0 Å². The van der Waals surface area contributed by atoms with Gasteiger partial charge in [-0.1, -0.05) is 19.9 Å². The second-order valence-corrected chi connectivity index (χ2v) is 7.93. The lowest BCUT2D eigenvalue weighted by Crippen LogP contribution is -2.32. The van der Waals surface area contributed by atoms with Crippen molar-refractivity contribution in [1.29, 1.82) is 0 Å². The number of rotatable bonds is 4. The van der Waals surface area contributed by atoms with Gasteiger partial charge in [0.1, 0.15) is 11.4 Å². The van der Waals surface area contributed by atoms with Crippen LogP contribution in [0.4, 0.5) is 11.5 Å². The van der Waals surface area contributed by atoms with Crippen molar-refractivity contribution in [3.8, 4) is 5.82 Å². The van der Waals surface area contributed by atoms with Gasteiger partial charge in [-0.15, -0.1) is 0 Å². The Morgan fingerprint density at radius 2 is 2.03 bits per heavy atom. The van der Waals surface area contributed by atoms with E-state index in [0.29, 0.717) is 23.9 Å². The molecule has 0 spiro atoms. The van der Waals surface area contributed by atoms with Gasteiger partial charge in [-0.05, 0) is 31.0 Å². The number of aryl methyl sites for hydroxylation is 2. The molecule has 0 radical (unpaired) electrons. The summed E-state index contributed by atoms with van der Waals surface area (Å²) in [4.78, 5) is 31.6. The molecule has 150 valence electrons. The summed E-state index contributed by atoms with van der Waals surface area (Å²) >= 11 is 0. The smallest absolute Gasteiger partial charge is 0.274 e. The van der Waals surface area contributed by atoms with E-state index in [4.69, 9.17) is 0 Å². The topological polar surface area (TPSA) is 97.9 Å². The maximum absolute atomic E-state index is 12.8. The Balaban J connectivity index is 1.59. The van der Waals surface area contributed by atoms with E-state index in [9.17, 15) is 9.59 Å². The van der Waals surface area contributed by atoms with Crippen molar-refractivity contribution < 1.29 is 9.59 Å². The lowest BCUT2D eigenvalue weighted by molar-refractivity contribution is -0.124. The van der Waals surface area contributed by atoms with E-state index in [1.165, 1.54) is 0 Å². The van der Waals surface area contributed by atoms with Crippen LogP contribution < -0.4 is 10.2 Å². The van der Waals surface area contributed by atoms with E-state index < -0.39 is 5.41 Å². The van der Waals surface area contributed by atoms with E-state index in [-0.39, 0.29) is 17.5 Å². The molecule has 4 heterocycles. The van der Waals surface area contributed by atoms with Crippen molar-refractivity contribution >= 4 is 23.3 Å². The third kappa shape index (κ3) is 3.51. The summed E-state index contributed by atoms with van der Waals surface area (Å²) < 4.78 is 3.20. The zero-order valence-corrected chi connectivity index (χ0v) is 16.9. The quantitative estimate of drug-likeness (QED) is 0.734.